The van der Waals surface area contributed by atoms with Crippen molar-refractivity contribution < 1.29 is 9.18 Å². The molecule has 0 aliphatic carbocycles. The third-order valence-electron chi connectivity index (χ3n) is 3.80. The maximum absolute atomic E-state index is 13.2. The third kappa shape index (κ3) is 4.55. The molecule has 0 saturated carbocycles. The van der Waals surface area contributed by atoms with E-state index in [1.807, 2.05) is 11.8 Å². The Morgan fingerprint density at radius 2 is 2.24 bits per heavy atom. The van der Waals surface area contributed by atoms with Gasteiger partial charge in [0.1, 0.15) is 5.82 Å². The number of benzene rings is 1. The van der Waals surface area contributed by atoms with Crippen LogP contribution in [-0.2, 0) is 4.79 Å². The molecule has 0 radical (unpaired) electrons. The highest BCUT2D eigenvalue weighted by molar-refractivity contribution is 5.95. The molecule has 1 unspecified atom stereocenters. The number of amides is 1. The standard InChI is InChI=1S/C16H21FN2O.ClH/c1-12(13-5-4-6-14(17)10-13)9-16(20)19-8-3-2-7-15(19)11-18;/h4-6,9-10,15H,2-3,7-8,11,18H2,1H3;1H/b12-9-;. The Morgan fingerprint density at radius 3 is 2.90 bits per heavy atom. The molecule has 1 fully saturated rings. The van der Waals surface area contributed by atoms with Crippen LogP contribution in [0.2, 0.25) is 0 Å². The number of halogens is 2. The molecule has 21 heavy (non-hydrogen) atoms. The van der Waals surface area contributed by atoms with Crippen molar-refractivity contribution in [2.24, 2.45) is 5.73 Å². The van der Waals surface area contributed by atoms with E-state index in [0.29, 0.717) is 6.54 Å². The summed E-state index contributed by atoms with van der Waals surface area (Å²) < 4.78 is 13.2. The molecule has 1 heterocycles. The van der Waals surface area contributed by atoms with Gasteiger partial charge in [-0.25, -0.2) is 4.39 Å². The minimum atomic E-state index is -0.291. The molecule has 1 aliphatic heterocycles. The lowest BCUT2D eigenvalue weighted by Crippen LogP contribution is -2.46. The first-order chi connectivity index (χ1) is 9.61. The Morgan fingerprint density at radius 1 is 1.48 bits per heavy atom. The van der Waals surface area contributed by atoms with Gasteiger partial charge in [-0.3, -0.25) is 4.79 Å². The van der Waals surface area contributed by atoms with E-state index in [9.17, 15) is 9.18 Å². The molecule has 1 saturated heterocycles. The van der Waals surface area contributed by atoms with Gasteiger partial charge < -0.3 is 10.6 Å². The average Bonchev–Trinajstić information content (AvgIpc) is 2.47. The van der Waals surface area contributed by atoms with Crippen LogP contribution in [0.25, 0.3) is 5.57 Å². The molecule has 1 aromatic carbocycles. The van der Waals surface area contributed by atoms with Crippen molar-refractivity contribution in [3.63, 3.8) is 0 Å². The molecule has 1 atom stereocenters. The number of hydrogen-bond donors (Lipinski definition) is 1. The summed E-state index contributed by atoms with van der Waals surface area (Å²) >= 11 is 0. The first-order valence-electron chi connectivity index (χ1n) is 7.06. The molecular formula is C16H22ClFN2O. The zero-order valence-electron chi connectivity index (χ0n) is 12.2. The van der Waals surface area contributed by atoms with Gasteiger partial charge in [-0.05, 0) is 49.5 Å². The smallest absolute Gasteiger partial charge is 0.247 e. The highest BCUT2D eigenvalue weighted by Gasteiger charge is 2.24. The number of nitrogens with two attached hydrogens (primary N) is 1. The van der Waals surface area contributed by atoms with Gasteiger partial charge in [0.15, 0.2) is 0 Å². The number of allylic oxidation sites excluding steroid dienone is 1. The predicted molar refractivity (Wildman–Crippen MR) is 85.7 cm³/mol. The van der Waals surface area contributed by atoms with Crippen LogP contribution in [0.15, 0.2) is 30.3 Å². The Balaban J connectivity index is 0.00000220. The average molecular weight is 313 g/mol. The summed E-state index contributed by atoms with van der Waals surface area (Å²) in [5, 5.41) is 0. The van der Waals surface area contributed by atoms with Crippen molar-refractivity contribution in [3.8, 4) is 0 Å². The van der Waals surface area contributed by atoms with E-state index in [1.54, 1.807) is 18.2 Å². The summed E-state index contributed by atoms with van der Waals surface area (Å²) in [6.07, 6.45) is 4.70. The second-order valence-corrected chi connectivity index (χ2v) is 5.25. The molecule has 2 N–H and O–H groups in total. The van der Waals surface area contributed by atoms with Crippen molar-refractivity contribution in [3.05, 3.63) is 41.7 Å². The molecule has 0 aromatic heterocycles. The molecule has 3 nitrogen and oxygen atoms in total. The highest BCUT2D eigenvalue weighted by Crippen LogP contribution is 2.19. The Kier molecular flexibility index (Phi) is 6.85. The number of nitrogens with zero attached hydrogens (tertiary/aromatic N) is 1. The van der Waals surface area contributed by atoms with Crippen LogP contribution in [0.3, 0.4) is 0 Å². The largest absolute Gasteiger partial charge is 0.335 e. The van der Waals surface area contributed by atoms with E-state index >= 15 is 0 Å². The lowest BCUT2D eigenvalue weighted by atomic mass is 10.0. The lowest BCUT2D eigenvalue weighted by Gasteiger charge is -2.34. The Hall–Kier alpha value is -1.39. The first kappa shape index (κ1) is 17.7. The number of likely N-dealkylation sites (tertiary alicyclic amines) is 1. The summed E-state index contributed by atoms with van der Waals surface area (Å²) in [6, 6.07) is 6.42. The lowest BCUT2D eigenvalue weighted by molar-refractivity contribution is -0.129. The van der Waals surface area contributed by atoms with Crippen LogP contribution in [0.5, 0.6) is 0 Å². The zero-order chi connectivity index (χ0) is 14.5. The van der Waals surface area contributed by atoms with Gasteiger partial charge >= 0.3 is 0 Å². The van der Waals surface area contributed by atoms with E-state index in [-0.39, 0.29) is 30.2 Å². The second kappa shape index (κ2) is 8.15. The number of hydrogen-bond acceptors (Lipinski definition) is 2. The summed E-state index contributed by atoms with van der Waals surface area (Å²) in [5.41, 5.74) is 7.24. The molecular weight excluding hydrogens is 291 g/mol. The SMILES string of the molecule is C/C(=C/C(=O)N1CCCCC1CN)c1cccc(F)c1.Cl. The Labute approximate surface area is 131 Å². The van der Waals surface area contributed by atoms with E-state index in [2.05, 4.69) is 0 Å². The quantitative estimate of drug-likeness (QED) is 0.872. The summed E-state index contributed by atoms with van der Waals surface area (Å²) in [4.78, 5) is 14.2. The van der Waals surface area contributed by atoms with Gasteiger partial charge in [-0.15, -0.1) is 12.4 Å². The van der Waals surface area contributed by atoms with Crippen LogP contribution in [0.1, 0.15) is 31.7 Å². The van der Waals surface area contributed by atoms with Crippen molar-refractivity contribution in [2.75, 3.05) is 13.1 Å². The van der Waals surface area contributed by atoms with Crippen LogP contribution >= 0.6 is 12.4 Å². The summed E-state index contributed by atoms with van der Waals surface area (Å²) in [6.45, 7) is 3.08. The first-order valence-corrected chi connectivity index (χ1v) is 7.06. The molecule has 116 valence electrons. The minimum Gasteiger partial charge on any atom is -0.335 e. The molecule has 1 aromatic rings. The summed E-state index contributed by atoms with van der Waals surface area (Å²) in [5.74, 6) is -0.317. The van der Waals surface area contributed by atoms with Crippen LogP contribution in [0, 0.1) is 5.82 Å². The monoisotopic (exact) mass is 312 g/mol. The van der Waals surface area contributed by atoms with Gasteiger partial charge in [0.2, 0.25) is 5.91 Å². The van der Waals surface area contributed by atoms with Gasteiger partial charge in [0.25, 0.3) is 0 Å². The fourth-order valence-corrected chi connectivity index (χ4v) is 2.62. The Bertz CT molecular complexity index is 519. The van der Waals surface area contributed by atoms with Gasteiger partial charge in [-0.1, -0.05) is 12.1 Å². The van der Waals surface area contributed by atoms with E-state index in [0.717, 1.165) is 36.9 Å². The fraction of sp³-hybridized carbons (Fsp3) is 0.438. The van der Waals surface area contributed by atoms with Gasteiger partial charge in [0.05, 0.1) is 0 Å². The molecule has 0 bridgehead atoms. The number of carbonyl (C=O) groups is 1. The predicted octanol–water partition coefficient (Wildman–Crippen LogP) is 2.99. The molecule has 1 aliphatic rings. The molecule has 5 heteroatoms. The molecule has 0 spiro atoms. The van der Waals surface area contributed by atoms with E-state index in [1.165, 1.54) is 12.1 Å². The van der Waals surface area contributed by atoms with Crippen LogP contribution in [-0.4, -0.2) is 29.9 Å². The van der Waals surface area contributed by atoms with Crippen molar-refractivity contribution in [2.45, 2.75) is 32.2 Å². The summed E-state index contributed by atoms with van der Waals surface area (Å²) in [7, 11) is 0. The zero-order valence-corrected chi connectivity index (χ0v) is 13.0. The maximum atomic E-state index is 13.2. The normalized spacial score (nSPS) is 19.1. The number of carbonyl (C=O) groups excluding carboxylic acids is 1. The van der Waals surface area contributed by atoms with Gasteiger partial charge in [0, 0.05) is 25.2 Å². The fourth-order valence-electron chi connectivity index (χ4n) is 2.62. The van der Waals surface area contributed by atoms with Crippen LogP contribution < -0.4 is 5.73 Å². The second-order valence-electron chi connectivity index (χ2n) is 5.25. The third-order valence-corrected chi connectivity index (χ3v) is 3.80. The van der Waals surface area contributed by atoms with Crippen LogP contribution in [0.4, 0.5) is 4.39 Å². The maximum Gasteiger partial charge on any atom is 0.247 e. The minimum absolute atomic E-state index is 0. The van der Waals surface area contributed by atoms with Gasteiger partial charge in [-0.2, -0.15) is 0 Å². The molecule has 2 rings (SSSR count). The van der Waals surface area contributed by atoms with Crippen molar-refractivity contribution in [1.29, 1.82) is 0 Å². The number of piperidine rings is 1. The molecule has 1 amide bonds. The number of rotatable bonds is 3. The highest BCUT2D eigenvalue weighted by atomic mass is 35.5. The topological polar surface area (TPSA) is 46.3 Å². The van der Waals surface area contributed by atoms with E-state index < -0.39 is 0 Å². The van der Waals surface area contributed by atoms with Crippen molar-refractivity contribution >= 4 is 23.9 Å². The van der Waals surface area contributed by atoms with Crippen molar-refractivity contribution in [1.82, 2.24) is 4.90 Å². The van der Waals surface area contributed by atoms with E-state index in [4.69, 9.17) is 5.73 Å².